The third-order valence-electron chi connectivity index (χ3n) is 12.1. The van der Waals surface area contributed by atoms with Crippen LogP contribution < -0.4 is 10.1 Å². The zero-order valence-electron chi connectivity index (χ0n) is 31.3. The maximum absolute atomic E-state index is 6.62. The van der Waals surface area contributed by atoms with Crippen LogP contribution in [0, 0.1) is 0 Å². The standard InChI is InChI=1S/C53H34N4O/c1-3-15-34(16-4-1)50-55-51(35-17-5-2-6-18-35)57-52(56-50)36-29-27-33(28-30-36)49-39-31-32-43-48(47(39)38-20-8-12-24-44(38)54-49)37-19-7-9-21-40(37)53(43)41-22-10-13-25-45(41)58-46-26-14-11-23-42(46)53/h1-32,49,54H. The second-order valence-electron chi connectivity index (χ2n) is 15.1. The molecule has 0 saturated heterocycles. The second-order valence-corrected chi connectivity index (χ2v) is 15.1. The van der Waals surface area contributed by atoms with Gasteiger partial charge in [0.2, 0.25) is 0 Å². The maximum Gasteiger partial charge on any atom is 0.164 e. The average molecular weight is 743 g/mol. The van der Waals surface area contributed by atoms with Crippen LogP contribution in [0.15, 0.2) is 194 Å². The summed E-state index contributed by atoms with van der Waals surface area (Å²) in [4.78, 5) is 14.9. The Morgan fingerprint density at radius 2 is 0.897 bits per heavy atom. The van der Waals surface area contributed by atoms with Crippen molar-refractivity contribution in [3.05, 3.63) is 228 Å². The van der Waals surface area contributed by atoms with Gasteiger partial charge < -0.3 is 10.1 Å². The molecule has 5 heteroatoms. The topological polar surface area (TPSA) is 59.9 Å². The minimum atomic E-state index is -0.537. The van der Waals surface area contributed by atoms with E-state index in [1.807, 2.05) is 60.7 Å². The van der Waals surface area contributed by atoms with E-state index < -0.39 is 5.41 Å². The van der Waals surface area contributed by atoms with Gasteiger partial charge in [-0.05, 0) is 57.1 Å². The number of fused-ring (bicyclic) bond motifs is 13. The van der Waals surface area contributed by atoms with E-state index >= 15 is 0 Å². The Morgan fingerprint density at radius 1 is 0.397 bits per heavy atom. The van der Waals surface area contributed by atoms with E-state index in [1.54, 1.807) is 0 Å². The van der Waals surface area contributed by atoms with Crippen molar-refractivity contribution in [2.75, 3.05) is 5.32 Å². The van der Waals surface area contributed by atoms with Crippen molar-refractivity contribution in [3.63, 3.8) is 0 Å². The van der Waals surface area contributed by atoms with Gasteiger partial charge >= 0.3 is 0 Å². The molecule has 0 radical (unpaired) electrons. The molecule has 272 valence electrons. The van der Waals surface area contributed by atoms with Gasteiger partial charge in [0, 0.05) is 39.1 Å². The van der Waals surface area contributed by atoms with Crippen LogP contribution in [0.2, 0.25) is 0 Å². The van der Waals surface area contributed by atoms with Gasteiger partial charge in [-0.1, -0.05) is 176 Å². The fraction of sp³-hybridized carbons (Fsp3) is 0.0377. The molecule has 1 aliphatic carbocycles. The van der Waals surface area contributed by atoms with Crippen LogP contribution in [0.5, 0.6) is 11.5 Å². The summed E-state index contributed by atoms with van der Waals surface area (Å²) in [6.07, 6.45) is 0. The van der Waals surface area contributed by atoms with E-state index in [-0.39, 0.29) is 6.04 Å². The number of rotatable bonds is 4. The number of anilines is 1. The van der Waals surface area contributed by atoms with Gasteiger partial charge in [0.15, 0.2) is 17.5 Å². The van der Waals surface area contributed by atoms with E-state index in [1.165, 1.54) is 50.1 Å². The normalized spacial score (nSPS) is 14.8. The number of nitrogens with one attached hydrogen (secondary N) is 1. The highest BCUT2D eigenvalue weighted by atomic mass is 16.5. The average Bonchev–Trinajstić information content (AvgIpc) is 3.60. The first-order chi connectivity index (χ1) is 28.8. The summed E-state index contributed by atoms with van der Waals surface area (Å²) in [5.74, 6) is 3.72. The Balaban J connectivity index is 1.03. The highest BCUT2D eigenvalue weighted by Gasteiger charge is 2.52. The van der Waals surface area contributed by atoms with Crippen molar-refractivity contribution in [3.8, 4) is 67.9 Å². The largest absolute Gasteiger partial charge is 0.457 e. The van der Waals surface area contributed by atoms with Gasteiger partial charge in [0.1, 0.15) is 11.5 Å². The van der Waals surface area contributed by atoms with Gasteiger partial charge in [-0.25, -0.2) is 15.0 Å². The Bertz CT molecular complexity index is 2970. The summed E-state index contributed by atoms with van der Waals surface area (Å²) in [6, 6.07) is 68.4. The summed E-state index contributed by atoms with van der Waals surface area (Å²) in [7, 11) is 0. The lowest BCUT2D eigenvalue weighted by Crippen LogP contribution is -2.32. The molecule has 0 bridgehead atoms. The lowest BCUT2D eigenvalue weighted by atomic mass is 9.65. The van der Waals surface area contributed by atoms with E-state index in [4.69, 9.17) is 19.7 Å². The van der Waals surface area contributed by atoms with Crippen LogP contribution in [0.4, 0.5) is 5.69 Å². The molecule has 0 saturated carbocycles. The molecule has 1 spiro atoms. The molecular formula is C53H34N4O. The van der Waals surface area contributed by atoms with Crippen LogP contribution in [0.25, 0.3) is 56.4 Å². The van der Waals surface area contributed by atoms with E-state index in [9.17, 15) is 0 Å². The van der Waals surface area contributed by atoms with E-state index in [0.717, 1.165) is 39.4 Å². The van der Waals surface area contributed by atoms with Crippen LogP contribution >= 0.6 is 0 Å². The molecule has 3 heterocycles. The van der Waals surface area contributed by atoms with Gasteiger partial charge in [-0.2, -0.15) is 0 Å². The fourth-order valence-electron chi connectivity index (χ4n) is 9.58. The van der Waals surface area contributed by atoms with Gasteiger partial charge in [0.25, 0.3) is 0 Å². The number of aromatic nitrogens is 3. The Morgan fingerprint density at radius 3 is 1.52 bits per heavy atom. The minimum Gasteiger partial charge on any atom is -0.457 e. The van der Waals surface area contributed by atoms with E-state index in [0.29, 0.717) is 17.5 Å². The number of hydrogen-bond acceptors (Lipinski definition) is 5. The Labute approximate surface area is 336 Å². The summed E-state index contributed by atoms with van der Waals surface area (Å²) < 4.78 is 6.62. The number of hydrogen-bond donors (Lipinski definition) is 1. The fourth-order valence-corrected chi connectivity index (χ4v) is 9.58. The molecule has 58 heavy (non-hydrogen) atoms. The van der Waals surface area contributed by atoms with Crippen LogP contribution in [0.1, 0.15) is 39.4 Å². The molecule has 8 aromatic carbocycles. The Hall–Kier alpha value is -7.63. The van der Waals surface area contributed by atoms with Gasteiger partial charge in [0.05, 0.1) is 11.5 Å². The quantitative estimate of drug-likeness (QED) is 0.195. The lowest BCUT2D eigenvalue weighted by Gasteiger charge is -2.39. The maximum atomic E-state index is 6.62. The molecule has 1 aromatic heterocycles. The minimum absolute atomic E-state index is 0.0969. The van der Waals surface area contributed by atoms with Crippen molar-refractivity contribution >= 4 is 5.69 Å². The van der Waals surface area contributed by atoms with Crippen molar-refractivity contribution in [1.29, 1.82) is 0 Å². The number of nitrogens with zero attached hydrogens (tertiary/aromatic N) is 3. The van der Waals surface area contributed by atoms with Crippen LogP contribution in [0.3, 0.4) is 0 Å². The molecule has 12 rings (SSSR count). The van der Waals surface area contributed by atoms with E-state index in [2.05, 4.69) is 139 Å². The van der Waals surface area contributed by atoms with Crippen molar-refractivity contribution in [2.45, 2.75) is 11.5 Å². The highest BCUT2D eigenvalue weighted by molar-refractivity contribution is 6.01. The molecule has 1 atom stereocenters. The number of benzene rings is 8. The molecule has 3 aliphatic rings. The third kappa shape index (κ3) is 4.74. The smallest absolute Gasteiger partial charge is 0.164 e. The zero-order chi connectivity index (χ0) is 38.2. The first kappa shape index (κ1) is 32.6. The monoisotopic (exact) mass is 742 g/mol. The molecule has 1 unspecified atom stereocenters. The van der Waals surface area contributed by atoms with Gasteiger partial charge in [-0.3, -0.25) is 0 Å². The molecule has 2 aliphatic heterocycles. The third-order valence-corrected chi connectivity index (χ3v) is 12.1. The summed E-state index contributed by atoms with van der Waals surface area (Å²) in [5, 5.41) is 3.95. The van der Waals surface area contributed by atoms with Crippen LogP contribution in [-0.4, -0.2) is 15.0 Å². The summed E-state index contributed by atoms with van der Waals surface area (Å²) in [5.41, 5.74) is 15.7. The zero-order valence-corrected chi connectivity index (χ0v) is 31.3. The molecule has 0 amide bonds. The molecule has 9 aromatic rings. The molecule has 5 nitrogen and oxygen atoms in total. The highest BCUT2D eigenvalue weighted by Crippen LogP contribution is 2.64. The predicted octanol–water partition coefficient (Wildman–Crippen LogP) is 12.5. The lowest BCUT2D eigenvalue weighted by molar-refractivity contribution is 0.436. The van der Waals surface area contributed by atoms with Gasteiger partial charge in [-0.15, -0.1) is 0 Å². The predicted molar refractivity (Wildman–Crippen MR) is 231 cm³/mol. The van der Waals surface area contributed by atoms with Crippen molar-refractivity contribution in [2.24, 2.45) is 0 Å². The van der Waals surface area contributed by atoms with Crippen molar-refractivity contribution in [1.82, 2.24) is 15.0 Å². The number of ether oxygens (including phenoxy) is 1. The number of para-hydroxylation sites is 3. The van der Waals surface area contributed by atoms with Crippen LogP contribution in [-0.2, 0) is 5.41 Å². The molecule has 0 fully saturated rings. The first-order valence-electron chi connectivity index (χ1n) is 19.7. The second kappa shape index (κ2) is 12.7. The molecular weight excluding hydrogens is 709 g/mol. The first-order valence-corrected chi connectivity index (χ1v) is 19.7. The summed E-state index contributed by atoms with van der Waals surface area (Å²) in [6.45, 7) is 0. The Kier molecular flexibility index (Phi) is 7.14. The summed E-state index contributed by atoms with van der Waals surface area (Å²) >= 11 is 0. The SMILES string of the molecule is c1ccc(-c2nc(-c3ccccc3)nc(-c3ccc(C4Nc5ccccc5-c5c4ccc4c5-c5ccccc5C45c4ccccc4Oc4ccccc45)cc3)n2)cc1. The van der Waals surface area contributed by atoms with Crippen molar-refractivity contribution < 1.29 is 4.74 Å². The molecule has 1 N–H and O–H groups in total.